The second-order valence-corrected chi connectivity index (χ2v) is 12.4. The van der Waals surface area contributed by atoms with Crippen LogP contribution >= 0.6 is 0 Å². The van der Waals surface area contributed by atoms with Gasteiger partial charge in [-0.2, -0.15) is 0 Å². The molecule has 0 aromatic heterocycles. The van der Waals surface area contributed by atoms with E-state index in [0.717, 1.165) is 41.4 Å². The van der Waals surface area contributed by atoms with E-state index in [-0.39, 0.29) is 14.9 Å². The molecule has 214 valence electrons. The molecule has 0 N–H and O–H groups in total. The van der Waals surface area contributed by atoms with Crippen LogP contribution in [0.15, 0.2) is 0 Å². The molecule has 0 aliphatic heterocycles. The van der Waals surface area contributed by atoms with Gasteiger partial charge in [0.2, 0.25) is 0 Å². The Balaban J connectivity index is 0. The predicted octanol–water partition coefficient (Wildman–Crippen LogP) is 12.8. The number of hydrogen-bond donors (Lipinski definition) is 0. The lowest BCUT2D eigenvalue weighted by atomic mass is 9.44. The highest BCUT2D eigenvalue weighted by Crippen LogP contribution is 2.68. The molecule has 35 heavy (non-hydrogen) atoms. The molecule has 0 aromatic carbocycles. The Morgan fingerprint density at radius 3 is 1.83 bits per heavy atom. The van der Waals surface area contributed by atoms with E-state index in [2.05, 4.69) is 34.6 Å². The van der Waals surface area contributed by atoms with Crippen LogP contribution in [0.2, 0.25) is 0 Å². The molecule has 4 aliphatic rings. The molecule has 0 aromatic rings. The SMILES string of the molecule is C.C.CC.CC.CC.CC(C)CCCC(C)C1CCC2C3CCC4CCCCC4(C)C3CC[C@@]12C. The van der Waals surface area contributed by atoms with Crippen molar-refractivity contribution in [2.24, 2.45) is 52.3 Å². The zero-order valence-corrected chi connectivity index (χ0v) is 25.2. The van der Waals surface area contributed by atoms with Crippen molar-refractivity contribution in [3.63, 3.8) is 0 Å². The molecule has 0 saturated heterocycles. The zero-order valence-electron chi connectivity index (χ0n) is 25.2. The van der Waals surface area contributed by atoms with E-state index in [4.69, 9.17) is 0 Å². The topological polar surface area (TPSA) is 0 Å². The van der Waals surface area contributed by atoms with Crippen molar-refractivity contribution in [1.82, 2.24) is 0 Å². The third-order valence-electron chi connectivity index (χ3n) is 10.8. The maximum Gasteiger partial charge on any atom is -0.0264 e. The van der Waals surface area contributed by atoms with Crippen molar-refractivity contribution in [1.29, 1.82) is 0 Å². The summed E-state index contributed by atoms with van der Waals surface area (Å²) < 4.78 is 0. The molecule has 0 radical (unpaired) electrons. The largest absolute Gasteiger partial charge is 0.0776 e. The maximum absolute atomic E-state index is 2.75. The monoisotopic (exact) mass is 495 g/mol. The van der Waals surface area contributed by atoms with Gasteiger partial charge in [0, 0.05) is 0 Å². The van der Waals surface area contributed by atoms with Crippen molar-refractivity contribution >= 4 is 0 Å². The van der Waals surface area contributed by atoms with Gasteiger partial charge in [-0.25, -0.2) is 0 Å². The standard InChI is InChI=1S/C27H48.3C2H6.2CH4/c1-19(2)9-8-10-20(3)23-14-15-24-22-13-12-21-11-6-7-17-26(21,4)25(22)16-18-27(23,24)5;3*1-2;;/h19-25H,6-18H2,1-5H3;3*1-2H3;2*1H4/t20?,21?,22?,23?,24?,25?,26?,27-;;;;;/m0...../s1. The van der Waals surface area contributed by atoms with E-state index in [0.29, 0.717) is 10.8 Å². The maximum atomic E-state index is 2.75. The summed E-state index contributed by atoms with van der Waals surface area (Å²) in [6.07, 6.45) is 19.9. The van der Waals surface area contributed by atoms with Gasteiger partial charge in [-0.15, -0.1) is 0 Å². The fourth-order valence-electron chi connectivity index (χ4n) is 9.32. The first-order valence-electron chi connectivity index (χ1n) is 15.9. The highest BCUT2D eigenvalue weighted by Gasteiger charge is 2.59. The average Bonchev–Trinajstić information content (AvgIpc) is 3.19. The molecule has 0 bridgehead atoms. The van der Waals surface area contributed by atoms with Gasteiger partial charge >= 0.3 is 0 Å². The second-order valence-electron chi connectivity index (χ2n) is 12.4. The normalized spacial score (nSPS) is 37.5. The minimum absolute atomic E-state index is 0. The third-order valence-corrected chi connectivity index (χ3v) is 10.8. The first-order valence-corrected chi connectivity index (χ1v) is 15.9. The summed E-state index contributed by atoms with van der Waals surface area (Å²) in [7, 11) is 0. The van der Waals surface area contributed by atoms with E-state index in [1.807, 2.05) is 41.5 Å². The first-order chi connectivity index (χ1) is 15.9. The molecule has 0 amide bonds. The third kappa shape index (κ3) is 7.99. The van der Waals surface area contributed by atoms with Crippen molar-refractivity contribution in [2.45, 2.75) is 174 Å². The van der Waals surface area contributed by atoms with Crippen LogP contribution in [0.5, 0.6) is 0 Å². The van der Waals surface area contributed by atoms with Gasteiger partial charge < -0.3 is 0 Å². The summed E-state index contributed by atoms with van der Waals surface area (Å²) in [4.78, 5) is 0. The van der Waals surface area contributed by atoms with E-state index in [1.165, 1.54) is 32.1 Å². The minimum Gasteiger partial charge on any atom is -0.0776 e. The van der Waals surface area contributed by atoms with Crippen molar-refractivity contribution in [3.8, 4) is 0 Å². The smallest absolute Gasteiger partial charge is 0.0264 e. The fourth-order valence-corrected chi connectivity index (χ4v) is 9.32. The quantitative estimate of drug-likeness (QED) is 0.356. The number of fused-ring (bicyclic) bond motifs is 5. The summed E-state index contributed by atoms with van der Waals surface area (Å²) in [6, 6.07) is 0. The highest BCUT2D eigenvalue weighted by molar-refractivity contribution is 5.09. The van der Waals surface area contributed by atoms with Crippen molar-refractivity contribution < 1.29 is 0 Å². The summed E-state index contributed by atoms with van der Waals surface area (Å²) in [5.41, 5.74) is 1.39. The summed E-state index contributed by atoms with van der Waals surface area (Å²) >= 11 is 0. The predicted molar refractivity (Wildman–Crippen MR) is 165 cm³/mol. The van der Waals surface area contributed by atoms with E-state index in [1.54, 1.807) is 51.4 Å². The minimum atomic E-state index is 0. The van der Waals surface area contributed by atoms with Crippen molar-refractivity contribution in [3.05, 3.63) is 0 Å². The number of hydrogen-bond acceptors (Lipinski definition) is 0. The summed E-state index contributed by atoms with van der Waals surface area (Å²) in [5, 5.41) is 0. The first kappa shape index (κ1) is 37.2. The van der Waals surface area contributed by atoms with Gasteiger partial charge in [0.1, 0.15) is 0 Å². The molecule has 7 unspecified atom stereocenters. The molecule has 4 fully saturated rings. The second kappa shape index (κ2) is 17.5. The van der Waals surface area contributed by atoms with Crippen LogP contribution in [0.25, 0.3) is 0 Å². The Hall–Kier alpha value is 0. The molecule has 4 saturated carbocycles. The number of rotatable bonds is 5. The van der Waals surface area contributed by atoms with E-state index >= 15 is 0 Å². The van der Waals surface area contributed by atoms with Crippen LogP contribution in [0.4, 0.5) is 0 Å². The zero-order chi connectivity index (χ0) is 25.2. The summed E-state index contributed by atoms with van der Waals surface area (Å²) in [5.74, 6) is 7.15. The molecule has 0 nitrogen and oxygen atoms in total. The molecule has 4 rings (SSSR count). The van der Waals surface area contributed by atoms with Crippen LogP contribution in [0, 0.1) is 52.3 Å². The molecule has 0 heteroatoms. The van der Waals surface area contributed by atoms with E-state index in [9.17, 15) is 0 Å². The van der Waals surface area contributed by atoms with Crippen LogP contribution in [-0.2, 0) is 0 Å². The lowest BCUT2D eigenvalue weighted by Gasteiger charge is -2.61. The molecule has 0 heterocycles. The van der Waals surface area contributed by atoms with Gasteiger partial charge in [-0.3, -0.25) is 0 Å². The van der Waals surface area contributed by atoms with Crippen molar-refractivity contribution in [2.75, 3.05) is 0 Å². The van der Waals surface area contributed by atoms with Crippen LogP contribution in [-0.4, -0.2) is 0 Å². The Bertz CT molecular complexity index is 506. The lowest BCUT2D eigenvalue weighted by Crippen LogP contribution is -2.53. The molecule has 4 aliphatic carbocycles. The molecule has 0 spiro atoms. The van der Waals surface area contributed by atoms with Gasteiger partial charge in [-0.05, 0) is 104 Å². The Labute approximate surface area is 226 Å². The summed E-state index contributed by atoms with van der Waals surface area (Å²) in [6.45, 7) is 24.9. The van der Waals surface area contributed by atoms with Gasteiger partial charge in [0.25, 0.3) is 0 Å². The molecular formula is C35H74. The molecular weight excluding hydrogens is 420 g/mol. The van der Waals surface area contributed by atoms with Gasteiger partial charge in [0.05, 0.1) is 0 Å². The highest BCUT2D eigenvalue weighted by atomic mass is 14.6. The van der Waals surface area contributed by atoms with Crippen LogP contribution in [0.1, 0.15) is 174 Å². The van der Waals surface area contributed by atoms with E-state index < -0.39 is 0 Å². The Morgan fingerprint density at radius 2 is 1.23 bits per heavy atom. The van der Waals surface area contributed by atoms with Gasteiger partial charge in [0.15, 0.2) is 0 Å². The van der Waals surface area contributed by atoms with Crippen LogP contribution < -0.4 is 0 Å². The Morgan fingerprint density at radius 1 is 0.629 bits per heavy atom. The van der Waals surface area contributed by atoms with Crippen LogP contribution in [0.3, 0.4) is 0 Å². The lowest BCUT2D eigenvalue weighted by molar-refractivity contribution is -0.114. The molecule has 8 atom stereocenters. The Kier molecular flexibility index (Phi) is 18.6. The fraction of sp³-hybridized carbons (Fsp3) is 1.00. The van der Waals surface area contributed by atoms with Gasteiger partial charge in [-0.1, -0.05) is 123 Å². The average molecular weight is 495 g/mol.